The largest absolute Gasteiger partial charge is 0.396 e. The average Bonchev–Trinajstić information content (AvgIpc) is 2.51. The first-order chi connectivity index (χ1) is 7.56. The summed E-state index contributed by atoms with van der Waals surface area (Å²) in [5.41, 5.74) is 7.80. The second kappa shape index (κ2) is 4.22. The van der Waals surface area contributed by atoms with Gasteiger partial charge in [-0.05, 0) is 31.5 Å². The Morgan fingerprint density at radius 2 is 2.12 bits per heavy atom. The lowest BCUT2D eigenvalue weighted by Crippen LogP contribution is -1.94. The maximum atomic E-state index is 13.0. The van der Waals surface area contributed by atoms with Gasteiger partial charge in [0.1, 0.15) is 5.82 Å². The molecule has 0 unspecified atom stereocenters. The van der Waals surface area contributed by atoms with E-state index in [1.54, 1.807) is 23.5 Å². The number of thiazole rings is 1. The molecule has 2 N–H and O–H groups in total. The van der Waals surface area contributed by atoms with Crippen molar-refractivity contribution in [3.05, 3.63) is 45.2 Å². The predicted octanol–water partition coefficient (Wildman–Crippen LogP) is 3.07. The molecule has 1 heterocycles. The molecule has 16 heavy (non-hydrogen) atoms. The average molecular weight is 236 g/mol. The summed E-state index contributed by atoms with van der Waals surface area (Å²) in [4.78, 5) is 5.57. The van der Waals surface area contributed by atoms with Gasteiger partial charge in [-0.1, -0.05) is 6.07 Å². The fourth-order valence-electron chi connectivity index (χ4n) is 1.63. The molecule has 0 aliphatic rings. The van der Waals surface area contributed by atoms with Crippen LogP contribution in [-0.4, -0.2) is 4.98 Å². The minimum atomic E-state index is -0.360. The third kappa shape index (κ3) is 2.22. The number of nitrogens with two attached hydrogens (primary N) is 1. The van der Waals surface area contributed by atoms with Gasteiger partial charge in [0.15, 0.2) is 0 Å². The highest BCUT2D eigenvalue weighted by atomic mass is 32.1. The second-order valence-corrected chi connectivity index (χ2v) is 5.06. The standard InChI is InChI=1S/C12H13FN2S/c1-7-12(16-8(2)15-7)6-9-3-4-10(13)11(14)5-9/h3-5H,6,14H2,1-2H3. The first kappa shape index (κ1) is 11.1. The number of aryl methyl sites for hydroxylation is 2. The van der Waals surface area contributed by atoms with Gasteiger partial charge in [-0.15, -0.1) is 11.3 Å². The lowest BCUT2D eigenvalue weighted by atomic mass is 10.1. The number of halogens is 1. The van der Waals surface area contributed by atoms with Crippen LogP contribution in [0.2, 0.25) is 0 Å². The zero-order valence-electron chi connectivity index (χ0n) is 9.25. The summed E-state index contributed by atoms with van der Waals surface area (Å²) in [7, 11) is 0. The van der Waals surface area contributed by atoms with E-state index < -0.39 is 0 Å². The van der Waals surface area contributed by atoms with Gasteiger partial charge >= 0.3 is 0 Å². The van der Waals surface area contributed by atoms with E-state index in [9.17, 15) is 4.39 Å². The third-order valence-electron chi connectivity index (χ3n) is 2.42. The molecule has 0 amide bonds. The van der Waals surface area contributed by atoms with Crippen LogP contribution >= 0.6 is 11.3 Å². The van der Waals surface area contributed by atoms with Crippen molar-refractivity contribution < 1.29 is 4.39 Å². The normalized spacial score (nSPS) is 10.7. The molecule has 2 rings (SSSR count). The van der Waals surface area contributed by atoms with Crippen molar-refractivity contribution in [1.82, 2.24) is 4.98 Å². The van der Waals surface area contributed by atoms with Crippen molar-refractivity contribution in [2.45, 2.75) is 20.3 Å². The maximum absolute atomic E-state index is 13.0. The van der Waals surface area contributed by atoms with E-state index in [2.05, 4.69) is 4.98 Å². The van der Waals surface area contributed by atoms with Gasteiger partial charge in [0.25, 0.3) is 0 Å². The minimum Gasteiger partial charge on any atom is -0.396 e. The van der Waals surface area contributed by atoms with E-state index in [1.807, 2.05) is 13.8 Å². The lowest BCUT2D eigenvalue weighted by molar-refractivity contribution is 0.632. The molecule has 0 atom stereocenters. The Balaban J connectivity index is 2.27. The van der Waals surface area contributed by atoms with Gasteiger partial charge in [0.2, 0.25) is 0 Å². The minimum absolute atomic E-state index is 0.205. The summed E-state index contributed by atoms with van der Waals surface area (Å²) >= 11 is 1.67. The zero-order chi connectivity index (χ0) is 11.7. The number of hydrogen-bond acceptors (Lipinski definition) is 3. The van der Waals surface area contributed by atoms with Gasteiger partial charge in [0.05, 0.1) is 16.4 Å². The van der Waals surface area contributed by atoms with Crippen LogP contribution in [0.25, 0.3) is 0 Å². The SMILES string of the molecule is Cc1nc(C)c(Cc2ccc(F)c(N)c2)s1. The fraction of sp³-hybridized carbons (Fsp3) is 0.250. The summed E-state index contributed by atoms with van der Waals surface area (Å²) in [6.45, 7) is 3.98. The molecule has 0 aliphatic heterocycles. The van der Waals surface area contributed by atoms with Gasteiger partial charge < -0.3 is 5.73 Å². The number of hydrogen-bond donors (Lipinski definition) is 1. The quantitative estimate of drug-likeness (QED) is 0.814. The number of rotatable bonds is 2. The topological polar surface area (TPSA) is 38.9 Å². The van der Waals surface area contributed by atoms with Crippen molar-refractivity contribution in [3.8, 4) is 0 Å². The number of anilines is 1. The lowest BCUT2D eigenvalue weighted by Gasteiger charge is -2.02. The molecule has 2 nitrogen and oxygen atoms in total. The Morgan fingerprint density at radius 3 is 2.69 bits per heavy atom. The highest BCUT2D eigenvalue weighted by molar-refractivity contribution is 7.11. The number of aromatic nitrogens is 1. The van der Waals surface area contributed by atoms with E-state index in [0.717, 1.165) is 22.7 Å². The molecule has 0 spiro atoms. The fourth-order valence-corrected chi connectivity index (χ4v) is 2.60. The summed E-state index contributed by atoms with van der Waals surface area (Å²) < 4.78 is 13.0. The summed E-state index contributed by atoms with van der Waals surface area (Å²) in [6.07, 6.45) is 0.766. The molecule has 2 aromatic rings. The number of nitrogen functional groups attached to an aromatic ring is 1. The summed E-state index contributed by atoms with van der Waals surface area (Å²) in [5, 5.41) is 1.06. The van der Waals surface area contributed by atoms with Crippen LogP contribution in [-0.2, 0) is 6.42 Å². The van der Waals surface area contributed by atoms with Crippen molar-refractivity contribution in [1.29, 1.82) is 0 Å². The van der Waals surface area contributed by atoms with E-state index in [0.29, 0.717) is 0 Å². The monoisotopic (exact) mass is 236 g/mol. The summed E-state index contributed by atoms with van der Waals surface area (Å²) in [5.74, 6) is -0.360. The first-order valence-electron chi connectivity index (χ1n) is 5.03. The van der Waals surface area contributed by atoms with E-state index >= 15 is 0 Å². The van der Waals surface area contributed by atoms with Crippen LogP contribution in [0.1, 0.15) is 21.1 Å². The van der Waals surface area contributed by atoms with Gasteiger partial charge in [-0.25, -0.2) is 9.37 Å². The third-order valence-corrected chi connectivity index (χ3v) is 3.50. The maximum Gasteiger partial charge on any atom is 0.146 e. The van der Waals surface area contributed by atoms with Crippen LogP contribution in [0.15, 0.2) is 18.2 Å². The Hall–Kier alpha value is -1.42. The molecule has 1 aromatic heterocycles. The van der Waals surface area contributed by atoms with E-state index in [4.69, 9.17) is 5.73 Å². The highest BCUT2D eigenvalue weighted by Crippen LogP contribution is 2.22. The number of nitrogens with zero attached hydrogens (tertiary/aromatic N) is 1. The van der Waals surface area contributed by atoms with Crippen molar-refractivity contribution in [2.24, 2.45) is 0 Å². The molecular formula is C12H13FN2S. The predicted molar refractivity (Wildman–Crippen MR) is 65.2 cm³/mol. The van der Waals surface area contributed by atoms with Crippen LogP contribution < -0.4 is 5.73 Å². The van der Waals surface area contributed by atoms with Crippen LogP contribution in [0, 0.1) is 19.7 Å². The number of benzene rings is 1. The summed E-state index contributed by atoms with van der Waals surface area (Å²) in [6, 6.07) is 4.86. The molecule has 4 heteroatoms. The van der Waals surface area contributed by atoms with Crippen LogP contribution in [0.3, 0.4) is 0 Å². The molecular weight excluding hydrogens is 223 g/mol. The molecule has 0 aliphatic carbocycles. The van der Waals surface area contributed by atoms with Crippen molar-refractivity contribution in [3.63, 3.8) is 0 Å². The molecule has 0 saturated carbocycles. The Kier molecular flexibility index (Phi) is 2.92. The molecule has 1 aromatic carbocycles. The van der Waals surface area contributed by atoms with Gasteiger partial charge in [-0.3, -0.25) is 0 Å². The molecule has 0 bridgehead atoms. The Morgan fingerprint density at radius 1 is 1.38 bits per heavy atom. The van der Waals surface area contributed by atoms with Crippen LogP contribution in [0.4, 0.5) is 10.1 Å². The van der Waals surface area contributed by atoms with Crippen molar-refractivity contribution in [2.75, 3.05) is 5.73 Å². The van der Waals surface area contributed by atoms with Gasteiger partial charge in [-0.2, -0.15) is 0 Å². The van der Waals surface area contributed by atoms with Gasteiger partial charge in [0, 0.05) is 11.3 Å². The van der Waals surface area contributed by atoms with Crippen LogP contribution in [0.5, 0.6) is 0 Å². The molecule has 0 fully saturated rings. The molecule has 84 valence electrons. The molecule has 0 saturated heterocycles. The first-order valence-corrected chi connectivity index (χ1v) is 5.84. The highest BCUT2D eigenvalue weighted by Gasteiger charge is 2.07. The molecule has 0 radical (unpaired) electrons. The van der Waals surface area contributed by atoms with E-state index in [-0.39, 0.29) is 11.5 Å². The Bertz CT molecular complexity index is 520. The van der Waals surface area contributed by atoms with E-state index in [1.165, 1.54) is 10.9 Å². The second-order valence-electron chi connectivity index (χ2n) is 3.77. The Labute approximate surface area is 97.9 Å². The zero-order valence-corrected chi connectivity index (χ0v) is 10.1. The smallest absolute Gasteiger partial charge is 0.146 e. The van der Waals surface area contributed by atoms with Crippen molar-refractivity contribution >= 4 is 17.0 Å².